The largest absolute Gasteiger partial charge is 0.368 e. The van der Waals surface area contributed by atoms with Crippen molar-refractivity contribution < 1.29 is 9.59 Å². The number of halogens is 1. The summed E-state index contributed by atoms with van der Waals surface area (Å²) in [5, 5.41) is 2.32. The van der Waals surface area contributed by atoms with Gasteiger partial charge >= 0.3 is 0 Å². The van der Waals surface area contributed by atoms with Crippen LogP contribution in [0.4, 0.5) is 0 Å². The van der Waals surface area contributed by atoms with Gasteiger partial charge in [0.15, 0.2) is 0 Å². The Morgan fingerprint density at radius 3 is 2.50 bits per heavy atom. The maximum atomic E-state index is 10.7. The lowest BCUT2D eigenvalue weighted by Gasteiger charge is -2.02. The number of nitrogens with one attached hydrogen (secondary N) is 1. The van der Waals surface area contributed by atoms with Gasteiger partial charge in [-0.25, -0.2) is 0 Å². The zero-order chi connectivity index (χ0) is 8.15. The monoisotopic (exact) mass is 208 g/mol. The van der Waals surface area contributed by atoms with E-state index in [1.54, 1.807) is 6.92 Å². The van der Waals surface area contributed by atoms with Crippen molar-refractivity contribution in [1.82, 2.24) is 5.32 Å². The van der Waals surface area contributed by atoms with Crippen LogP contribution in [-0.4, -0.2) is 23.2 Å². The van der Waals surface area contributed by atoms with Crippen LogP contribution in [0.2, 0.25) is 0 Å². The van der Waals surface area contributed by atoms with Gasteiger partial charge in [0, 0.05) is 0 Å². The topological polar surface area (TPSA) is 72.2 Å². The molecule has 0 aromatic carbocycles. The number of carbonyl (C=O) groups is 2. The number of hydrogen-bond donors (Lipinski definition) is 2. The van der Waals surface area contributed by atoms with Gasteiger partial charge in [-0.15, -0.1) is 0 Å². The minimum Gasteiger partial charge on any atom is -0.368 e. The highest BCUT2D eigenvalue weighted by Crippen LogP contribution is 1.94. The van der Waals surface area contributed by atoms with E-state index >= 15 is 0 Å². The van der Waals surface area contributed by atoms with Crippen LogP contribution in [0.1, 0.15) is 6.92 Å². The molecule has 0 rings (SSSR count). The summed E-state index contributed by atoms with van der Waals surface area (Å²) in [6.45, 7) is 1.56. The summed E-state index contributed by atoms with van der Waals surface area (Å²) in [6, 6.07) is 0. The first-order valence-corrected chi connectivity index (χ1v) is 3.65. The van der Waals surface area contributed by atoms with E-state index in [-0.39, 0.29) is 17.3 Å². The van der Waals surface area contributed by atoms with E-state index in [4.69, 9.17) is 5.73 Å². The van der Waals surface area contributed by atoms with Crippen molar-refractivity contribution in [2.24, 2.45) is 5.73 Å². The smallest absolute Gasteiger partial charge is 0.236 e. The van der Waals surface area contributed by atoms with E-state index < -0.39 is 5.91 Å². The van der Waals surface area contributed by atoms with Gasteiger partial charge in [-0.3, -0.25) is 9.59 Å². The maximum absolute atomic E-state index is 10.7. The van der Waals surface area contributed by atoms with Crippen LogP contribution in [0.25, 0.3) is 0 Å². The molecule has 0 aromatic heterocycles. The Balaban J connectivity index is 3.50. The number of hydrogen-bond acceptors (Lipinski definition) is 2. The third-order valence-electron chi connectivity index (χ3n) is 0.798. The number of carbonyl (C=O) groups excluding carboxylic acids is 2. The fourth-order valence-corrected chi connectivity index (χ4v) is 0.477. The van der Waals surface area contributed by atoms with Crippen LogP contribution in [0.3, 0.4) is 0 Å². The highest BCUT2D eigenvalue weighted by molar-refractivity contribution is 9.10. The van der Waals surface area contributed by atoms with Gasteiger partial charge < -0.3 is 11.1 Å². The molecular formula is C5H9BrN2O2. The Labute approximate surface area is 67.3 Å². The molecule has 1 atom stereocenters. The van der Waals surface area contributed by atoms with Crippen molar-refractivity contribution in [2.75, 3.05) is 6.54 Å². The average molecular weight is 209 g/mol. The third kappa shape index (κ3) is 4.31. The zero-order valence-corrected chi connectivity index (χ0v) is 7.14. The zero-order valence-electron chi connectivity index (χ0n) is 5.56. The van der Waals surface area contributed by atoms with Crippen molar-refractivity contribution in [1.29, 1.82) is 0 Å². The molecule has 1 unspecified atom stereocenters. The third-order valence-corrected chi connectivity index (χ3v) is 1.21. The summed E-state index contributed by atoms with van der Waals surface area (Å²) in [7, 11) is 0. The van der Waals surface area contributed by atoms with Crippen molar-refractivity contribution in [3.8, 4) is 0 Å². The molecule has 0 radical (unpaired) electrons. The maximum Gasteiger partial charge on any atom is 0.236 e. The molecule has 0 fully saturated rings. The predicted molar refractivity (Wildman–Crippen MR) is 40.6 cm³/mol. The Bertz CT molecular complexity index is 147. The summed E-state index contributed by atoms with van der Waals surface area (Å²) in [4.78, 5) is 20.5. The summed E-state index contributed by atoms with van der Waals surface area (Å²) in [6.07, 6.45) is 0. The summed E-state index contributed by atoms with van der Waals surface area (Å²) < 4.78 is 0. The molecule has 2 amide bonds. The normalized spacial score (nSPS) is 12.2. The standard InChI is InChI=1S/C5H9BrN2O2/c1-3(6)5(10)8-2-4(7)9/h3H,2H2,1H3,(H2,7,9)(H,8,10). The number of rotatable bonds is 3. The van der Waals surface area contributed by atoms with E-state index in [1.165, 1.54) is 0 Å². The Hall–Kier alpha value is -0.580. The van der Waals surface area contributed by atoms with Gasteiger partial charge in [-0.05, 0) is 6.92 Å². The summed E-state index contributed by atoms with van der Waals surface area (Å²) in [5.41, 5.74) is 4.77. The van der Waals surface area contributed by atoms with Crippen molar-refractivity contribution in [2.45, 2.75) is 11.8 Å². The second kappa shape index (κ2) is 4.27. The van der Waals surface area contributed by atoms with Gasteiger partial charge in [0.05, 0.1) is 11.4 Å². The first-order chi connectivity index (χ1) is 4.54. The molecule has 0 aromatic rings. The highest BCUT2D eigenvalue weighted by Gasteiger charge is 2.07. The predicted octanol–water partition coefficient (Wildman–Crippen LogP) is -0.629. The molecule has 3 N–H and O–H groups in total. The van der Waals surface area contributed by atoms with Crippen LogP contribution < -0.4 is 11.1 Å². The Morgan fingerprint density at radius 2 is 2.20 bits per heavy atom. The molecule has 0 spiro atoms. The number of alkyl halides is 1. The molecule has 10 heavy (non-hydrogen) atoms. The van der Waals surface area contributed by atoms with E-state index in [1.807, 2.05) is 0 Å². The van der Waals surface area contributed by atoms with Gasteiger partial charge in [0.25, 0.3) is 0 Å². The Kier molecular flexibility index (Phi) is 4.02. The second-order valence-corrected chi connectivity index (χ2v) is 3.17. The van der Waals surface area contributed by atoms with Gasteiger partial charge in [-0.1, -0.05) is 15.9 Å². The number of nitrogens with two attached hydrogens (primary N) is 1. The van der Waals surface area contributed by atoms with Crippen LogP contribution in [0.15, 0.2) is 0 Å². The first kappa shape index (κ1) is 9.42. The number of primary amides is 1. The van der Waals surface area contributed by atoms with Crippen molar-refractivity contribution in [3.63, 3.8) is 0 Å². The molecule has 0 heterocycles. The molecule has 0 aliphatic heterocycles. The van der Waals surface area contributed by atoms with Gasteiger partial charge in [-0.2, -0.15) is 0 Å². The van der Waals surface area contributed by atoms with Crippen LogP contribution in [-0.2, 0) is 9.59 Å². The molecule has 0 aliphatic carbocycles. The van der Waals surface area contributed by atoms with E-state index in [2.05, 4.69) is 21.2 Å². The molecule has 5 heteroatoms. The molecule has 0 saturated heterocycles. The van der Waals surface area contributed by atoms with Gasteiger partial charge in [0.1, 0.15) is 0 Å². The molecule has 0 aliphatic rings. The molecular weight excluding hydrogens is 200 g/mol. The SMILES string of the molecule is CC(Br)C(=O)NCC(N)=O. The van der Waals surface area contributed by atoms with E-state index in [0.29, 0.717) is 0 Å². The van der Waals surface area contributed by atoms with Crippen molar-refractivity contribution in [3.05, 3.63) is 0 Å². The fourth-order valence-electron chi connectivity index (χ4n) is 0.315. The highest BCUT2D eigenvalue weighted by atomic mass is 79.9. The lowest BCUT2D eigenvalue weighted by Crippen LogP contribution is -2.36. The fraction of sp³-hybridized carbons (Fsp3) is 0.600. The molecule has 0 bridgehead atoms. The molecule has 58 valence electrons. The van der Waals surface area contributed by atoms with Gasteiger partial charge in [0.2, 0.25) is 11.8 Å². The second-order valence-electron chi connectivity index (χ2n) is 1.80. The lowest BCUT2D eigenvalue weighted by atomic mass is 10.4. The minimum atomic E-state index is -0.540. The quantitative estimate of drug-likeness (QED) is 0.607. The summed E-state index contributed by atoms with van der Waals surface area (Å²) >= 11 is 3.03. The van der Waals surface area contributed by atoms with Crippen LogP contribution >= 0.6 is 15.9 Å². The van der Waals surface area contributed by atoms with Crippen LogP contribution in [0.5, 0.6) is 0 Å². The Morgan fingerprint density at radius 1 is 1.70 bits per heavy atom. The van der Waals surface area contributed by atoms with Crippen LogP contribution in [0, 0.1) is 0 Å². The molecule has 0 saturated carbocycles. The van der Waals surface area contributed by atoms with E-state index in [9.17, 15) is 9.59 Å². The molecule has 4 nitrogen and oxygen atoms in total. The lowest BCUT2D eigenvalue weighted by molar-refractivity contribution is -0.124. The average Bonchev–Trinajstić information content (AvgIpc) is 1.82. The minimum absolute atomic E-state index is 0.102. The van der Waals surface area contributed by atoms with E-state index in [0.717, 1.165) is 0 Å². The first-order valence-electron chi connectivity index (χ1n) is 2.74. The van der Waals surface area contributed by atoms with Crippen molar-refractivity contribution >= 4 is 27.7 Å². The summed E-state index contributed by atoms with van der Waals surface area (Å²) in [5.74, 6) is -0.777. The number of amides is 2.